The summed E-state index contributed by atoms with van der Waals surface area (Å²) >= 11 is 0. The van der Waals surface area contributed by atoms with Gasteiger partial charge in [-0.3, -0.25) is 4.79 Å². The summed E-state index contributed by atoms with van der Waals surface area (Å²) < 4.78 is 11.3. The number of hydrogen-bond donors (Lipinski definition) is 2. The molecule has 0 aliphatic carbocycles. The number of para-hydroxylation sites is 2. The van der Waals surface area contributed by atoms with Gasteiger partial charge in [0.1, 0.15) is 12.4 Å². The molecule has 1 fully saturated rings. The number of ether oxygens (including phenoxy) is 2. The molecule has 1 aliphatic heterocycles. The highest BCUT2D eigenvalue weighted by Crippen LogP contribution is 2.29. The monoisotopic (exact) mass is 406 g/mol. The Labute approximate surface area is 174 Å². The van der Waals surface area contributed by atoms with Gasteiger partial charge in [0.15, 0.2) is 11.5 Å². The van der Waals surface area contributed by atoms with Crippen molar-refractivity contribution in [1.82, 2.24) is 20.3 Å². The van der Waals surface area contributed by atoms with E-state index in [1.807, 2.05) is 35.2 Å². The van der Waals surface area contributed by atoms with E-state index in [1.54, 1.807) is 32.4 Å². The van der Waals surface area contributed by atoms with Gasteiger partial charge in [0, 0.05) is 18.3 Å². The van der Waals surface area contributed by atoms with Crippen molar-refractivity contribution in [3.8, 4) is 11.5 Å². The number of aromatic nitrogens is 3. The number of nitrogens with one attached hydrogen (secondary N) is 2. The first-order valence-corrected chi connectivity index (χ1v) is 9.49. The molecule has 30 heavy (non-hydrogen) atoms. The van der Waals surface area contributed by atoms with Crippen LogP contribution < -0.4 is 25.0 Å². The first kappa shape index (κ1) is 19.4. The highest BCUT2D eigenvalue weighted by Gasteiger charge is 2.31. The number of rotatable bonds is 7. The highest BCUT2D eigenvalue weighted by molar-refractivity contribution is 5.95. The molecular formula is C21H22N6O3. The van der Waals surface area contributed by atoms with Gasteiger partial charge in [-0.25, -0.2) is 9.97 Å². The molecule has 0 radical (unpaired) electrons. The Balaban J connectivity index is 1.38. The first-order valence-electron chi connectivity index (χ1n) is 9.49. The minimum atomic E-state index is -0.156. The number of carbonyl (C=O) groups excluding carboxylic acids is 1. The zero-order valence-corrected chi connectivity index (χ0v) is 16.7. The summed E-state index contributed by atoms with van der Waals surface area (Å²) in [5.41, 5.74) is 1.27. The Kier molecular flexibility index (Phi) is 5.60. The van der Waals surface area contributed by atoms with Crippen molar-refractivity contribution in [2.45, 2.75) is 6.10 Å². The van der Waals surface area contributed by atoms with Gasteiger partial charge < -0.3 is 25.0 Å². The number of benzene rings is 2. The van der Waals surface area contributed by atoms with Crippen LogP contribution in [0.25, 0.3) is 0 Å². The molecule has 2 heterocycles. The average molecular weight is 406 g/mol. The van der Waals surface area contributed by atoms with Crippen LogP contribution in [0.5, 0.6) is 11.5 Å². The molecule has 1 saturated heterocycles. The van der Waals surface area contributed by atoms with E-state index in [0.29, 0.717) is 42.0 Å². The van der Waals surface area contributed by atoms with E-state index in [4.69, 9.17) is 9.47 Å². The number of amides is 1. The largest absolute Gasteiger partial charge is 0.493 e. The van der Waals surface area contributed by atoms with Crippen LogP contribution in [0.4, 0.5) is 17.6 Å². The van der Waals surface area contributed by atoms with E-state index in [2.05, 4.69) is 25.6 Å². The van der Waals surface area contributed by atoms with E-state index in [0.717, 1.165) is 5.75 Å². The highest BCUT2D eigenvalue weighted by atomic mass is 16.5. The summed E-state index contributed by atoms with van der Waals surface area (Å²) in [6.07, 6.45) is 1.49. The topological polar surface area (TPSA) is 102 Å². The molecule has 9 nitrogen and oxygen atoms in total. The van der Waals surface area contributed by atoms with Gasteiger partial charge in [-0.15, -0.1) is 0 Å². The quantitative estimate of drug-likeness (QED) is 0.616. The Morgan fingerprint density at radius 2 is 1.90 bits per heavy atom. The summed E-state index contributed by atoms with van der Waals surface area (Å²) in [4.78, 5) is 26.7. The molecule has 0 atom stereocenters. The summed E-state index contributed by atoms with van der Waals surface area (Å²) in [6, 6.07) is 14.7. The normalized spacial score (nSPS) is 13.3. The fourth-order valence-corrected chi connectivity index (χ4v) is 3.08. The zero-order valence-electron chi connectivity index (χ0n) is 16.7. The smallest absolute Gasteiger partial charge is 0.251 e. The van der Waals surface area contributed by atoms with Crippen molar-refractivity contribution < 1.29 is 14.3 Å². The lowest BCUT2D eigenvalue weighted by Crippen LogP contribution is -2.54. The summed E-state index contributed by atoms with van der Waals surface area (Å²) in [5.74, 6) is 2.25. The van der Waals surface area contributed by atoms with Crippen molar-refractivity contribution >= 4 is 23.5 Å². The van der Waals surface area contributed by atoms with Gasteiger partial charge in [0.2, 0.25) is 11.9 Å². The average Bonchev–Trinajstić information content (AvgIpc) is 2.76. The molecule has 154 valence electrons. The fourth-order valence-electron chi connectivity index (χ4n) is 3.08. The summed E-state index contributed by atoms with van der Waals surface area (Å²) in [6.45, 7) is 1.32. The van der Waals surface area contributed by atoms with Crippen LogP contribution in [0.15, 0.2) is 54.9 Å². The van der Waals surface area contributed by atoms with E-state index in [-0.39, 0.29) is 12.0 Å². The second kappa shape index (κ2) is 8.64. The van der Waals surface area contributed by atoms with Gasteiger partial charge in [0.05, 0.1) is 20.2 Å². The molecule has 0 saturated carbocycles. The molecule has 2 aromatic carbocycles. The molecule has 9 heteroatoms. The lowest BCUT2D eigenvalue weighted by Gasteiger charge is -2.39. The zero-order chi connectivity index (χ0) is 20.9. The van der Waals surface area contributed by atoms with Gasteiger partial charge in [-0.2, -0.15) is 4.98 Å². The van der Waals surface area contributed by atoms with E-state index in [1.165, 1.54) is 6.33 Å². The number of carbonyl (C=O) groups is 1. The van der Waals surface area contributed by atoms with Crippen LogP contribution in [0.3, 0.4) is 0 Å². The second-order valence-electron chi connectivity index (χ2n) is 6.69. The van der Waals surface area contributed by atoms with E-state index < -0.39 is 0 Å². The van der Waals surface area contributed by atoms with Gasteiger partial charge in [-0.05, 0) is 30.3 Å². The Morgan fingerprint density at radius 3 is 2.67 bits per heavy atom. The van der Waals surface area contributed by atoms with Crippen LogP contribution in [0, 0.1) is 0 Å². The molecule has 3 aromatic rings. The summed E-state index contributed by atoms with van der Waals surface area (Å²) in [5, 5.41) is 5.72. The molecule has 0 bridgehead atoms. The Hall–Kier alpha value is -3.88. The van der Waals surface area contributed by atoms with Crippen LogP contribution in [0.1, 0.15) is 10.4 Å². The van der Waals surface area contributed by atoms with Crippen molar-refractivity contribution in [2.75, 3.05) is 37.5 Å². The molecule has 1 aromatic heterocycles. The number of hydrogen-bond acceptors (Lipinski definition) is 8. The second-order valence-corrected chi connectivity index (χ2v) is 6.69. The maximum Gasteiger partial charge on any atom is 0.251 e. The predicted molar refractivity (Wildman–Crippen MR) is 113 cm³/mol. The standard InChI is InChI=1S/C21H22N6O3/c1-22-19(28)14-6-5-7-15(10-14)25-20-23-13-24-21(26-20)27-11-16(12-27)30-18-9-4-3-8-17(18)29-2/h3-10,13,16H,11-12H2,1-2H3,(H,22,28)(H,23,24,25,26). The minimum Gasteiger partial charge on any atom is -0.493 e. The SMILES string of the molecule is CNC(=O)c1cccc(Nc2ncnc(N3CC(Oc4ccccc4OC)C3)n2)c1. The number of nitrogens with zero attached hydrogens (tertiary/aromatic N) is 4. The third-order valence-corrected chi connectivity index (χ3v) is 4.66. The molecule has 4 rings (SSSR count). The molecule has 2 N–H and O–H groups in total. The lowest BCUT2D eigenvalue weighted by atomic mass is 10.2. The molecular weight excluding hydrogens is 384 g/mol. The van der Waals surface area contributed by atoms with Crippen LogP contribution >= 0.6 is 0 Å². The predicted octanol–water partition coefficient (Wildman–Crippen LogP) is 2.25. The van der Waals surface area contributed by atoms with Gasteiger partial charge in [0.25, 0.3) is 5.91 Å². The number of anilines is 3. The Bertz CT molecular complexity index is 1040. The summed E-state index contributed by atoms with van der Waals surface area (Å²) in [7, 11) is 3.22. The van der Waals surface area contributed by atoms with Crippen molar-refractivity contribution in [1.29, 1.82) is 0 Å². The fraction of sp³-hybridized carbons (Fsp3) is 0.238. The van der Waals surface area contributed by atoms with Gasteiger partial charge >= 0.3 is 0 Å². The third-order valence-electron chi connectivity index (χ3n) is 4.66. The van der Waals surface area contributed by atoms with E-state index in [9.17, 15) is 4.79 Å². The first-order chi connectivity index (χ1) is 14.7. The minimum absolute atomic E-state index is 0.0266. The molecule has 0 spiro atoms. The maximum absolute atomic E-state index is 11.8. The van der Waals surface area contributed by atoms with Crippen LogP contribution in [-0.2, 0) is 0 Å². The Morgan fingerprint density at radius 1 is 1.10 bits per heavy atom. The van der Waals surface area contributed by atoms with Crippen molar-refractivity contribution in [3.63, 3.8) is 0 Å². The van der Waals surface area contributed by atoms with Gasteiger partial charge in [-0.1, -0.05) is 18.2 Å². The maximum atomic E-state index is 11.8. The molecule has 1 amide bonds. The van der Waals surface area contributed by atoms with Crippen LogP contribution in [0.2, 0.25) is 0 Å². The molecule has 1 aliphatic rings. The lowest BCUT2D eigenvalue weighted by molar-refractivity contribution is 0.0963. The number of methoxy groups -OCH3 is 1. The van der Waals surface area contributed by atoms with Crippen molar-refractivity contribution in [2.24, 2.45) is 0 Å². The van der Waals surface area contributed by atoms with Crippen molar-refractivity contribution in [3.05, 3.63) is 60.4 Å². The van der Waals surface area contributed by atoms with Crippen LogP contribution in [-0.4, -0.2) is 54.2 Å². The van der Waals surface area contributed by atoms with E-state index >= 15 is 0 Å². The molecule has 0 unspecified atom stereocenters. The third kappa shape index (κ3) is 4.24.